The quantitative estimate of drug-likeness (QED) is 0.376. The molecule has 4 aromatic heterocycles. The number of fused-ring (bicyclic) bond motifs is 3. The number of thiophene rings is 1. The summed E-state index contributed by atoms with van der Waals surface area (Å²) in [5.41, 5.74) is 0.733. The molecule has 5 aromatic rings. The lowest BCUT2D eigenvalue weighted by molar-refractivity contribution is 0.857. The van der Waals surface area contributed by atoms with Crippen LogP contribution in [-0.2, 0) is 19.2 Å². The highest BCUT2D eigenvalue weighted by atomic mass is 32.2. The van der Waals surface area contributed by atoms with Crippen molar-refractivity contribution < 1.29 is 0 Å². The van der Waals surface area contributed by atoms with Gasteiger partial charge in [0.25, 0.3) is 5.56 Å². The molecule has 0 saturated carbocycles. The predicted molar refractivity (Wildman–Crippen MR) is 122 cm³/mol. The second-order valence-corrected chi connectivity index (χ2v) is 9.78. The number of hydrogen-bond acceptors (Lipinski definition) is 9. The largest absolute Gasteiger partial charge is 0.360 e. The monoisotopic (exact) mass is 455 g/mol. The molecule has 0 fully saturated rings. The molecule has 0 radical (unpaired) electrons. The number of aryl methyl sites for hydroxylation is 1. The number of para-hydroxylation sites is 1. The van der Waals surface area contributed by atoms with Gasteiger partial charge in [0.05, 0.1) is 16.7 Å². The van der Waals surface area contributed by atoms with Crippen LogP contribution in [-0.4, -0.2) is 35.9 Å². The zero-order valence-electron chi connectivity index (χ0n) is 16.0. The average Bonchev–Trinajstić information content (AvgIpc) is 3.52. The van der Waals surface area contributed by atoms with Crippen molar-refractivity contribution in [1.82, 2.24) is 29.4 Å². The molecule has 1 aromatic carbocycles. The van der Waals surface area contributed by atoms with E-state index < -0.39 is 0 Å². The van der Waals surface area contributed by atoms with Gasteiger partial charge in [-0.2, -0.15) is 0 Å². The maximum absolute atomic E-state index is 12.5. The Bertz CT molecular complexity index is 1370. The molecule has 0 aliphatic rings. The van der Waals surface area contributed by atoms with E-state index in [2.05, 4.69) is 43.2 Å². The summed E-state index contributed by atoms with van der Waals surface area (Å²) in [6.45, 7) is 0.828. The standard InChI is InChI=1S/C19H17N7OS3/c1-25-16(27)13-6-2-3-7-14(13)26-15(21-23-18(25)26)11-29-19-24-22-17(30-19)20-9-8-12-5-4-10-28-12/h2-7,10H,8-9,11H2,1H3,(H,20,22). The first-order chi connectivity index (χ1) is 14.7. The van der Waals surface area contributed by atoms with E-state index in [9.17, 15) is 4.79 Å². The van der Waals surface area contributed by atoms with Gasteiger partial charge in [-0.1, -0.05) is 41.3 Å². The first-order valence-corrected chi connectivity index (χ1v) is 11.9. The molecule has 0 aliphatic carbocycles. The molecule has 4 heterocycles. The van der Waals surface area contributed by atoms with Gasteiger partial charge in [-0.05, 0) is 30.0 Å². The summed E-state index contributed by atoms with van der Waals surface area (Å²) < 4.78 is 4.33. The number of aromatic nitrogens is 6. The average molecular weight is 456 g/mol. The van der Waals surface area contributed by atoms with Gasteiger partial charge in [0, 0.05) is 18.5 Å². The van der Waals surface area contributed by atoms with Crippen LogP contribution in [0.5, 0.6) is 0 Å². The van der Waals surface area contributed by atoms with Crippen molar-refractivity contribution >= 4 is 56.2 Å². The fraction of sp³-hybridized carbons (Fsp3) is 0.211. The third-order valence-electron chi connectivity index (χ3n) is 4.65. The van der Waals surface area contributed by atoms with Crippen LogP contribution in [0.25, 0.3) is 16.7 Å². The summed E-state index contributed by atoms with van der Waals surface area (Å²) in [4.78, 5) is 13.9. The van der Waals surface area contributed by atoms with Crippen LogP contribution in [0, 0.1) is 0 Å². The van der Waals surface area contributed by atoms with Gasteiger partial charge in [-0.25, -0.2) is 0 Å². The first-order valence-electron chi connectivity index (χ1n) is 9.25. The number of rotatable bonds is 7. The van der Waals surface area contributed by atoms with Gasteiger partial charge in [-0.3, -0.25) is 13.8 Å². The maximum Gasteiger partial charge on any atom is 0.262 e. The van der Waals surface area contributed by atoms with Crippen LogP contribution in [0.1, 0.15) is 10.7 Å². The SMILES string of the molecule is Cn1c(=O)c2ccccc2n2c(CSc3nnc(NCCc4cccs4)s3)nnc12. The molecular formula is C19H17N7OS3. The molecular weight excluding hydrogens is 438 g/mol. The van der Waals surface area contributed by atoms with Crippen molar-refractivity contribution in [2.24, 2.45) is 7.05 Å². The molecule has 0 amide bonds. The molecule has 1 N–H and O–H groups in total. The molecule has 5 rings (SSSR count). The minimum Gasteiger partial charge on any atom is -0.360 e. The van der Waals surface area contributed by atoms with Crippen LogP contribution >= 0.6 is 34.4 Å². The van der Waals surface area contributed by atoms with Gasteiger partial charge in [0.1, 0.15) is 5.82 Å². The summed E-state index contributed by atoms with van der Waals surface area (Å²) in [6, 6.07) is 11.7. The van der Waals surface area contributed by atoms with Crippen LogP contribution < -0.4 is 10.9 Å². The Balaban J connectivity index is 1.32. The second kappa shape index (κ2) is 8.17. The zero-order chi connectivity index (χ0) is 20.5. The fourth-order valence-electron chi connectivity index (χ4n) is 3.20. The first kappa shape index (κ1) is 19.2. The van der Waals surface area contributed by atoms with Gasteiger partial charge >= 0.3 is 0 Å². The Morgan fingerprint density at radius 3 is 2.87 bits per heavy atom. The summed E-state index contributed by atoms with van der Waals surface area (Å²) in [5.74, 6) is 1.87. The lowest BCUT2D eigenvalue weighted by atomic mass is 10.2. The van der Waals surface area contributed by atoms with Crippen molar-refractivity contribution in [2.45, 2.75) is 16.5 Å². The molecule has 0 unspecified atom stereocenters. The molecule has 0 atom stereocenters. The molecule has 0 spiro atoms. The number of hydrogen-bond donors (Lipinski definition) is 1. The maximum atomic E-state index is 12.5. The van der Waals surface area contributed by atoms with E-state index >= 15 is 0 Å². The van der Waals surface area contributed by atoms with Crippen molar-refractivity contribution in [3.63, 3.8) is 0 Å². The highest BCUT2D eigenvalue weighted by Crippen LogP contribution is 2.28. The minimum absolute atomic E-state index is 0.0768. The van der Waals surface area contributed by atoms with E-state index in [0.29, 0.717) is 16.9 Å². The predicted octanol–water partition coefficient (Wildman–Crippen LogP) is 3.44. The second-order valence-electron chi connectivity index (χ2n) is 6.55. The van der Waals surface area contributed by atoms with Crippen LogP contribution in [0.2, 0.25) is 0 Å². The van der Waals surface area contributed by atoms with Crippen LogP contribution in [0.3, 0.4) is 0 Å². The fourth-order valence-corrected chi connectivity index (χ4v) is 5.60. The van der Waals surface area contributed by atoms with E-state index in [4.69, 9.17) is 0 Å². The lowest BCUT2D eigenvalue weighted by Gasteiger charge is -2.07. The Kier molecular flexibility index (Phi) is 5.23. The normalized spacial score (nSPS) is 11.5. The van der Waals surface area contributed by atoms with Gasteiger partial charge < -0.3 is 5.32 Å². The minimum atomic E-state index is -0.0768. The van der Waals surface area contributed by atoms with Gasteiger partial charge in [0.2, 0.25) is 10.9 Å². The number of thioether (sulfide) groups is 1. The Morgan fingerprint density at radius 2 is 2.00 bits per heavy atom. The Morgan fingerprint density at radius 1 is 1.10 bits per heavy atom. The highest BCUT2D eigenvalue weighted by Gasteiger charge is 2.15. The number of nitrogens with one attached hydrogen (secondary N) is 1. The van der Waals surface area contributed by atoms with E-state index in [1.807, 2.05) is 28.7 Å². The van der Waals surface area contributed by atoms with Crippen LogP contribution in [0.4, 0.5) is 5.13 Å². The Labute approximate surface area is 183 Å². The van der Waals surface area contributed by atoms with Crippen LogP contribution in [0.15, 0.2) is 50.9 Å². The van der Waals surface area contributed by atoms with Crippen molar-refractivity contribution in [3.05, 3.63) is 62.8 Å². The third-order valence-corrected chi connectivity index (χ3v) is 7.60. The topological polar surface area (TPSA) is 90.0 Å². The van der Waals surface area contributed by atoms with E-state index in [1.165, 1.54) is 20.8 Å². The third kappa shape index (κ3) is 3.59. The molecule has 0 aliphatic heterocycles. The van der Waals surface area contributed by atoms with Gasteiger partial charge in [-0.15, -0.1) is 31.7 Å². The molecule has 152 valence electrons. The van der Waals surface area contributed by atoms with Crippen molar-refractivity contribution in [3.8, 4) is 0 Å². The van der Waals surface area contributed by atoms with E-state index in [1.54, 1.807) is 30.1 Å². The lowest BCUT2D eigenvalue weighted by Crippen LogP contribution is -2.20. The summed E-state index contributed by atoms with van der Waals surface area (Å²) in [5, 5.41) is 23.9. The Hall–Kier alpha value is -2.76. The number of nitrogens with zero attached hydrogens (tertiary/aromatic N) is 6. The van der Waals surface area contributed by atoms with Gasteiger partial charge in [0.15, 0.2) is 4.34 Å². The molecule has 0 saturated heterocycles. The van der Waals surface area contributed by atoms with E-state index in [-0.39, 0.29) is 5.56 Å². The zero-order valence-corrected chi connectivity index (χ0v) is 18.4. The molecule has 0 bridgehead atoms. The molecule has 8 nitrogen and oxygen atoms in total. The van der Waals surface area contributed by atoms with E-state index in [0.717, 1.165) is 33.8 Å². The molecule has 11 heteroatoms. The number of anilines is 1. The summed E-state index contributed by atoms with van der Waals surface area (Å²) in [7, 11) is 1.72. The smallest absolute Gasteiger partial charge is 0.262 e. The summed E-state index contributed by atoms with van der Waals surface area (Å²) in [6.07, 6.45) is 0.969. The summed E-state index contributed by atoms with van der Waals surface area (Å²) >= 11 is 4.85. The number of benzene rings is 1. The molecule has 30 heavy (non-hydrogen) atoms. The highest BCUT2D eigenvalue weighted by molar-refractivity contribution is 8.00. The van der Waals surface area contributed by atoms with Crippen molar-refractivity contribution in [2.75, 3.05) is 11.9 Å². The van der Waals surface area contributed by atoms with Crippen molar-refractivity contribution in [1.29, 1.82) is 0 Å².